The number of benzene rings is 2. The molecule has 0 aliphatic heterocycles. The summed E-state index contributed by atoms with van der Waals surface area (Å²) in [6, 6.07) is 12.2. The first-order valence-corrected chi connectivity index (χ1v) is 9.86. The predicted octanol–water partition coefficient (Wildman–Crippen LogP) is 3.98. The van der Waals surface area contributed by atoms with Crippen molar-refractivity contribution in [3.63, 3.8) is 0 Å². The summed E-state index contributed by atoms with van der Waals surface area (Å²) in [5.41, 5.74) is 3.85. The molecule has 1 N–H and O–H groups in total. The smallest absolute Gasteiger partial charge is 0.259 e. The van der Waals surface area contributed by atoms with Gasteiger partial charge >= 0.3 is 0 Å². The fraction of sp³-hybridized carbons (Fsp3) is 0.227. The van der Waals surface area contributed by atoms with Crippen LogP contribution in [0.15, 0.2) is 48.7 Å². The summed E-state index contributed by atoms with van der Waals surface area (Å²) in [6.07, 6.45) is 1.56. The largest absolute Gasteiger partial charge is 0.322 e. The lowest BCUT2D eigenvalue weighted by Gasteiger charge is -2.13. The van der Waals surface area contributed by atoms with Crippen molar-refractivity contribution in [3.8, 4) is 11.4 Å². The van der Waals surface area contributed by atoms with Crippen LogP contribution >= 0.6 is 0 Å². The van der Waals surface area contributed by atoms with E-state index >= 15 is 0 Å². The minimum Gasteiger partial charge on any atom is -0.322 e. The number of halogens is 1. The van der Waals surface area contributed by atoms with E-state index in [4.69, 9.17) is 0 Å². The van der Waals surface area contributed by atoms with Crippen molar-refractivity contribution in [3.05, 3.63) is 77.1 Å². The number of hydrogen-bond acceptors (Lipinski definition) is 5. The predicted molar refractivity (Wildman–Crippen MR) is 114 cm³/mol. The van der Waals surface area contributed by atoms with Gasteiger partial charge in [-0.3, -0.25) is 4.79 Å². The Morgan fingerprint density at radius 1 is 1.06 bits per heavy atom. The van der Waals surface area contributed by atoms with E-state index in [2.05, 4.69) is 25.9 Å². The molecule has 31 heavy (non-hydrogen) atoms. The maximum Gasteiger partial charge on any atom is 0.259 e. The Kier molecular flexibility index (Phi) is 5.33. The SMILES string of the molecule is Cc1ccc(-n2ncc(C(=O)Nc3ccc(F)c(-n4nnnc4C)c3)c2C(C)C)cc1. The molecule has 2 aromatic heterocycles. The van der Waals surface area contributed by atoms with Crippen LogP contribution in [0, 0.1) is 19.7 Å². The number of anilines is 1. The normalized spacial score (nSPS) is 11.2. The van der Waals surface area contributed by atoms with Gasteiger partial charge in [-0.1, -0.05) is 31.5 Å². The zero-order valence-electron chi connectivity index (χ0n) is 17.7. The lowest BCUT2D eigenvalue weighted by molar-refractivity contribution is 0.102. The van der Waals surface area contributed by atoms with Crippen LogP contribution in [0.3, 0.4) is 0 Å². The molecule has 0 spiro atoms. The third-order valence-electron chi connectivity index (χ3n) is 4.93. The van der Waals surface area contributed by atoms with E-state index in [1.54, 1.807) is 17.8 Å². The third kappa shape index (κ3) is 3.94. The Hall–Kier alpha value is -3.88. The van der Waals surface area contributed by atoms with Gasteiger partial charge in [0.05, 0.1) is 23.1 Å². The number of tetrazole rings is 1. The van der Waals surface area contributed by atoms with Gasteiger partial charge in [0.25, 0.3) is 5.91 Å². The van der Waals surface area contributed by atoms with Crippen molar-refractivity contribution >= 4 is 11.6 Å². The number of aromatic nitrogens is 6. The van der Waals surface area contributed by atoms with Crippen LogP contribution in [-0.4, -0.2) is 35.9 Å². The van der Waals surface area contributed by atoms with Crippen LogP contribution in [0.4, 0.5) is 10.1 Å². The molecule has 0 bridgehead atoms. The van der Waals surface area contributed by atoms with E-state index in [0.29, 0.717) is 17.1 Å². The molecule has 9 heteroatoms. The Morgan fingerprint density at radius 2 is 1.81 bits per heavy atom. The maximum atomic E-state index is 14.3. The lowest BCUT2D eigenvalue weighted by atomic mass is 10.0. The molecule has 0 saturated heterocycles. The Labute approximate surface area is 178 Å². The molecular weight excluding hydrogens is 397 g/mol. The number of carbonyl (C=O) groups excluding carboxylic acids is 1. The van der Waals surface area contributed by atoms with Crippen LogP contribution in [0.5, 0.6) is 0 Å². The maximum absolute atomic E-state index is 14.3. The van der Waals surface area contributed by atoms with Crippen LogP contribution in [0.25, 0.3) is 11.4 Å². The second-order valence-electron chi connectivity index (χ2n) is 7.60. The quantitative estimate of drug-likeness (QED) is 0.528. The first kappa shape index (κ1) is 20.4. The summed E-state index contributed by atoms with van der Waals surface area (Å²) >= 11 is 0. The number of amides is 1. The number of aryl methyl sites for hydroxylation is 2. The van der Waals surface area contributed by atoms with E-state index in [1.807, 2.05) is 45.0 Å². The highest BCUT2D eigenvalue weighted by Gasteiger charge is 2.21. The standard InChI is InChI=1S/C22H22FN7O/c1-13(2)21-18(12-24-30(21)17-8-5-14(3)6-9-17)22(31)25-16-7-10-19(23)20(11-16)29-15(4)26-27-28-29/h5-13H,1-4H3,(H,25,31). The van der Waals surface area contributed by atoms with E-state index < -0.39 is 5.82 Å². The van der Waals surface area contributed by atoms with Gasteiger partial charge in [-0.2, -0.15) is 9.78 Å². The molecule has 2 aromatic carbocycles. The van der Waals surface area contributed by atoms with Gasteiger partial charge < -0.3 is 5.32 Å². The molecule has 2 heterocycles. The molecule has 0 unspecified atom stereocenters. The van der Waals surface area contributed by atoms with Crippen molar-refractivity contribution in [2.24, 2.45) is 0 Å². The van der Waals surface area contributed by atoms with Crippen LogP contribution < -0.4 is 5.32 Å². The summed E-state index contributed by atoms with van der Waals surface area (Å²) < 4.78 is 17.4. The van der Waals surface area contributed by atoms with E-state index in [1.165, 1.54) is 22.9 Å². The first-order chi connectivity index (χ1) is 14.8. The number of nitrogens with zero attached hydrogens (tertiary/aromatic N) is 6. The molecule has 0 radical (unpaired) electrons. The number of nitrogens with one attached hydrogen (secondary N) is 1. The van der Waals surface area contributed by atoms with E-state index in [9.17, 15) is 9.18 Å². The lowest BCUT2D eigenvalue weighted by Crippen LogP contribution is -2.16. The minimum absolute atomic E-state index is 0.0530. The average Bonchev–Trinajstić information content (AvgIpc) is 3.36. The molecule has 158 valence electrons. The molecule has 0 fully saturated rings. The second-order valence-corrected chi connectivity index (χ2v) is 7.60. The third-order valence-corrected chi connectivity index (χ3v) is 4.93. The van der Waals surface area contributed by atoms with Crippen molar-refractivity contribution < 1.29 is 9.18 Å². The Bertz CT molecular complexity index is 1240. The van der Waals surface area contributed by atoms with Crippen molar-refractivity contribution in [2.75, 3.05) is 5.32 Å². The average molecular weight is 419 g/mol. The number of rotatable bonds is 5. The molecule has 0 aliphatic rings. The monoisotopic (exact) mass is 419 g/mol. The minimum atomic E-state index is -0.497. The zero-order valence-corrected chi connectivity index (χ0v) is 17.7. The molecule has 1 amide bonds. The molecule has 4 aromatic rings. The van der Waals surface area contributed by atoms with Gasteiger partial charge in [0, 0.05) is 5.69 Å². The van der Waals surface area contributed by atoms with Gasteiger partial charge in [0.15, 0.2) is 5.82 Å². The summed E-state index contributed by atoms with van der Waals surface area (Å²) in [7, 11) is 0. The van der Waals surface area contributed by atoms with Gasteiger partial charge in [-0.25, -0.2) is 9.07 Å². The fourth-order valence-electron chi connectivity index (χ4n) is 3.39. The van der Waals surface area contributed by atoms with Gasteiger partial charge in [0.1, 0.15) is 11.5 Å². The fourth-order valence-corrected chi connectivity index (χ4v) is 3.39. The van der Waals surface area contributed by atoms with Crippen molar-refractivity contribution in [2.45, 2.75) is 33.6 Å². The van der Waals surface area contributed by atoms with Gasteiger partial charge in [-0.15, -0.1) is 5.10 Å². The zero-order chi connectivity index (χ0) is 22.1. The highest BCUT2D eigenvalue weighted by molar-refractivity contribution is 6.05. The highest BCUT2D eigenvalue weighted by Crippen LogP contribution is 2.25. The molecule has 8 nitrogen and oxygen atoms in total. The van der Waals surface area contributed by atoms with Gasteiger partial charge in [0.2, 0.25) is 0 Å². The molecule has 0 aliphatic carbocycles. The van der Waals surface area contributed by atoms with E-state index in [-0.39, 0.29) is 17.5 Å². The first-order valence-electron chi connectivity index (χ1n) is 9.86. The Balaban J connectivity index is 1.67. The topological polar surface area (TPSA) is 90.5 Å². The van der Waals surface area contributed by atoms with Crippen LogP contribution in [-0.2, 0) is 0 Å². The Morgan fingerprint density at radius 3 is 2.45 bits per heavy atom. The van der Waals surface area contributed by atoms with E-state index in [0.717, 1.165) is 16.9 Å². The number of carbonyl (C=O) groups is 1. The molecule has 4 rings (SSSR count). The molecular formula is C22H22FN7O. The number of hydrogen-bond donors (Lipinski definition) is 1. The molecule has 0 atom stereocenters. The van der Waals surface area contributed by atoms with Crippen LogP contribution in [0.2, 0.25) is 0 Å². The summed E-state index contributed by atoms with van der Waals surface area (Å²) in [4.78, 5) is 13.1. The summed E-state index contributed by atoms with van der Waals surface area (Å²) in [5, 5.41) is 18.4. The van der Waals surface area contributed by atoms with Crippen molar-refractivity contribution in [1.82, 2.24) is 30.0 Å². The summed E-state index contributed by atoms with van der Waals surface area (Å²) in [5.74, 6) is -0.336. The van der Waals surface area contributed by atoms with Crippen molar-refractivity contribution in [1.29, 1.82) is 0 Å². The van der Waals surface area contributed by atoms with Gasteiger partial charge in [-0.05, 0) is 60.5 Å². The molecule has 0 saturated carbocycles. The summed E-state index contributed by atoms with van der Waals surface area (Å²) in [6.45, 7) is 7.70. The van der Waals surface area contributed by atoms with Crippen LogP contribution in [0.1, 0.15) is 47.2 Å². The highest BCUT2D eigenvalue weighted by atomic mass is 19.1. The second kappa shape index (κ2) is 8.10.